The average molecular weight is 268 g/mol. The predicted molar refractivity (Wildman–Crippen MR) is 66.8 cm³/mol. The van der Waals surface area contributed by atoms with Crippen molar-refractivity contribution in [2.75, 3.05) is 14.2 Å². The molecule has 0 aliphatic carbocycles. The van der Waals surface area contributed by atoms with E-state index in [1.54, 1.807) is 12.1 Å². The number of carboxylic acids is 1. The van der Waals surface area contributed by atoms with Crippen LogP contribution in [0.25, 0.3) is 10.9 Å². The third kappa shape index (κ3) is 1.93. The molecule has 1 N–H and O–H groups in total. The van der Waals surface area contributed by atoms with Gasteiger partial charge in [0.1, 0.15) is 22.7 Å². The first-order chi connectivity index (χ1) is 8.58. The second-order valence-electron chi connectivity index (χ2n) is 3.49. The van der Waals surface area contributed by atoms with Crippen LogP contribution in [0.3, 0.4) is 0 Å². The van der Waals surface area contributed by atoms with Gasteiger partial charge in [0.15, 0.2) is 0 Å². The molecule has 2 rings (SSSR count). The van der Waals surface area contributed by atoms with Crippen LogP contribution >= 0.6 is 11.6 Å². The molecule has 0 saturated heterocycles. The molecule has 0 aliphatic heterocycles. The maximum absolute atomic E-state index is 10.9. The summed E-state index contributed by atoms with van der Waals surface area (Å²) in [6.45, 7) is 0. The van der Waals surface area contributed by atoms with Crippen molar-refractivity contribution in [3.05, 3.63) is 28.9 Å². The smallest absolute Gasteiger partial charge is 0.354 e. The first-order valence-electron chi connectivity index (χ1n) is 5.03. The quantitative estimate of drug-likeness (QED) is 0.926. The normalized spacial score (nSPS) is 10.4. The van der Waals surface area contributed by atoms with Gasteiger partial charge < -0.3 is 14.6 Å². The van der Waals surface area contributed by atoms with Crippen molar-refractivity contribution in [1.82, 2.24) is 4.98 Å². The Bertz CT molecular complexity index is 627. The molecule has 0 amide bonds. The fourth-order valence-electron chi connectivity index (χ4n) is 1.63. The van der Waals surface area contributed by atoms with Crippen LogP contribution in [0.15, 0.2) is 18.2 Å². The maximum atomic E-state index is 10.9. The molecule has 2 aromatic rings. The molecule has 0 fully saturated rings. The lowest BCUT2D eigenvalue weighted by atomic mass is 10.1. The van der Waals surface area contributed by atoms with Crippen LogP contribution < -0.4 is 9.47 Å². The van der Waals surface area contributed by atoms with E-state index in [2.05, 4.69) is 4.98 Å². The number of benzene rings is 1. The first-order valence-corrected chi connectivity index (χ1v) is 5.40. The van der Waals surface area contributed by atoms with E-state index in [-0.39, 0.29) is 5.69 Å². The molecule has 0 unspecified atom stereocenters. The van der Waals surface area contributed by atoms with Crippen LogP contribution in [0, 0.1) is 0 Å². The molecule has 0 atom stereocenters. The molecule has 18 heavy (non-hydrogen) atoms. The van der Waals surface area contributed by atoms with E-state index in [9.17, 15) is 4.79 Å². The zero-order valence-corrected chi connectivity index (χ0v) is 10.5. The number of carboxylic acid groups (broad SMARTS) is 1. The summed E-state index contributed by atoms with van der Waals surface area (Å²) in [5, 5.41) is 9.87. The predicted octanol–water partition coefficient (Wildman–Crippen LogP) is 2.60. The molecule has 0 spiro atoms. The van der Waals surface area contributed by atoms with Crippen LogP contribution in [0.5, 0.6) is 11.5 Å². The largest absolute Gasteiger partial charge is 0.495 e. The molecule has 0 bridgehead atoms. The van der Waals surface area contributed by atoms with Crippen molar-refractivity contribution in [2.45, 2.75) is 0 Å². The van der Waals surface area contributed by atoms with Crippen LogP contribution in [0.2, 0.25) is 5.02 Å². The van der Waals surface area contributed by atoms with Crippen LogP contribution in [0.1, 0.15) is 10.5 Å². The molecule has 94 valence electrons. The Balaban J connectivity index is 2.81. The fourth-order valence-corrected chi connectivity index (χ4v) is 1.92. The lowest BCUT2D eigenvalue weighted by Crippen LogP contribution is -2.01. The van der Waals surface area contributed by atoms with E-state index in [1.807, 2.05) is 0 Å². The number of aromatic nitrogens is 1. The highest BCUT2D eigenvalue weighted by Crippen LogP contribution is 2.38. The first kappa shape index (κ1) is 12.4. The third-order valence-electron chi connectivity index (χ3n) is 2.50. The number of rotatable bonds is 3. The van der Waals surface area contributed by atoms with Gasteiger partial charge in [0.05, 0.1) is 19.2 Å². The van der Waals surface area contributed by atoms with Crippen molar-refractivity contribution in [3.8, 4) is 11.5 Å². The second kappa shape index (κ2) is 4.70. The van der Waals surface area contributed by atoms with Gasteiger partial charge in [0, 0.05) is 11.5 Å². The zero-order chi connectivity index (χ0) is 13.3. The van der Waals surface area contributed by atoms with E-state index in [0.717, 1.165) is 0 Å². The number of methoxy groups -OCH3 is 2. The molecular formula is C12H10ClNO4. The molecule has 1 aromatic carbocycles. The van der Waals surface area contributed by atoms with E-state index < -0.39 is 5.97 Å². The SMILES string of the molecule is COc1cc(OC)c2nc(C(=O)O)ccc2c1Cl. The average Bonchev–Trinajstić information content (AvgIpc) is 2.38. The molecule has 6 heteroatoms. The van der Waals surface area contributed by atoms with Gasteiger partial charge in [0.2, 0.25) is 0 Å². The van der Waals surface area contributed by atoms with Gasteiger partial charge in [-0.3, -0.25) is 0 Å². The number of fused-ring (bicyclic) bond motifs is 1. The Morgan fingerprint density at radius 1 is 1.28 bits per heavy atom. The highest BCUT2D eigenvalue weighted by molar-refractivity contribution is 6.37. The maximum Gasteiger partial charge on any atom is 0.354 e. The number of aromatic carboxylic acids is 1. The van der Waals surface area contributed by atoms with E-state index in [0.29, 0.717) is 27.4 Å². The monoisotopic (exact) mass is 267 g/mol. The number of hydrogen-bond acceptors (Lipinski definition) is 4. The van der Waals surface area contributed by atoms with Crippen molar-refractivity contribution in [1.29, 1.82) is 0 Å². The van der Waals surface area contributed by atoms with Crippen molar-refractivity contribution >= 4 is 28.5 Å². The van der Waals surface area contributed by atoms with Gasteiger partial charge in [-0.1, -0.05) is 11.6 Å². The summed E-state index contributed by atoms with van der Waals surface area (Å²) < 4.78 is 10.3. The third-order valence-corrected chi connectivity index (χ3v) is 2.89. The van der Waals surface area contributed by atoms with E-state index in [1.165, 1.54) is 20.3 Å². The summed E-state index contributed by atoms with van der Waals surface area (Å²) >= 11 is 6.13. The molecule has 0 aliphatic rings. The van der Waals surface area contributed by atoms with Crippen LogP contribution in [0.4, 0.5) is 0 Å². The summed E-state index contributed by atoms with van der Waals surface area (Å²) in [4.78, 5) is 14.9. The number of ether oxygens (including phenoxy) is 2. The molecule has 0 radical (unpaired) electrons. The Labute approximate surface area is 108 Å². The molecule has 1 heterocycles. The fraction of sp³-hybridized carbons (Fsp3) is 0.167. The molecular weight excluding hydrogens is 258 g/mol. The number of carbonyl (C=O) groups is 1. The minimum Gasteiger partial charge on any atom is -0.495 e. The second-order valence-corrected chi connectivity index (χ2v) is 3.87. The minimum atomic E-state index is -1.11. The van der Waals surface area contributed by atoms with Gasteiger partial charge >= 0.3 is 5.97 Å². The Morgan fingerprint density at radius 3 is 2.50 bits per heavy atom. The zero-order valence-electron chi connectivity index (χ0n) is 9.73. The highest BCUT2D eigenvalue weighted by Gasteiger charge is 2.15. The summed E-state index contributed by atoms with van der Waals surface area (Å²) in [5.74, 6) is -0.244. The highest BCUT2D eigenvalue weighted by atomic mass is 35.5. The van der Waals surface area contributed by atoms with Gasteiger partial charge in [0.25, 0.3) is 0 Å². The molecule has 5 nitrogen and oxygen atoms in total. The van der Waals surface area contributed by atoms with E-state index in [4.69, 9.17) is 26.2 Å². The molecule has 1 aromatic heterocycles. The van der Waals surface area contributed by atoms with Gasteiger partial charge in [-0.2, -0.15) is 0 Å². The Kier molecular flexibility index (Phi) is 3.25. The van der Waals surface area contributed by atoms with Crippen molar-refractivity contribution < 1.29 is 19.4 Å². The Hall–Kier alpha value is -2.01. The van der Waals surface area contributed by atoms with Gasteiger partial charge in [-0.25, -0.2) is 9.78 Å². The number of hydrogen-bond donors (Lipinski definition) is 1. The Morgan fingerprint density at radius 2 is 1.94 bits per heavy atom. The summed E-state index contributed by atoms with van der Waals surface area (Å²) in [5.41, 5.74) is 0.324. The van der Waals surface area contributed by atoms with Crippen molar-refractivity contribution in [3.63, 3.8) is 0 Å². The minimum absolute atomic E-state index is 0.0676. The molecule has 0 saturated carbocycles. The van der Waals surface area contributed by atoms with Gasteiger partial charge in [-0.15, -0.1) is 0 Å². The summed E-state index contributed by atoms with van der Waals surface area (Å²) in [6, 6.07) is 4.54. The lowest BCUT2D eigenvalue weighted by molar-refractivity contribution is 0.0691. The topological polar surface area (TPSA) is 68.7 Å². The van der Waals surface area contributed by atoms with Crippen LogP contribution in [-0.4, -0.2) is 30.3 Å². The summed E-state index contributed by atoms with van der Waals surface area (Å²) in [7, 11) is 2.96. The van der Waals surface area contributed by atoms with E-state index >= 15 is 0 Å². The number of halogens is 1. The van der Waals surface area contributed by atoms with Crippen LogP contribution in [-0.2, 0) is 0 Å². The lowest BCUT2D eigenvalue weighted by Gasteiger charge is -2.10. The summed E-state index contributed by atoms with van der Waals surface area (Å²) in [6.07, 6.45) is 0. The number of nitrogens with zero attached hydrogens (tertiary/aromatic N) is 1. The van der Waals surface area contributed by atoms with Gasteiger partial charge in [-0.05, 0) is 12.1 Å². The standard InChI is InChI=1S/C12H10ClNO4/c1-17-8-5-9(18-2)11-6(10(8)13)3-4-7(14-11)12(15)16/h3-5H,1-2H3,(H,15,16). The number of pyridine rings is 1. The van der Waals surface area contributed by atoms with Crippen molar-refractivity contribution in [2.24, 2.45) is 0 Å².